The first-order chi connectivity index (χ1) is 9.49. The summed E-state index contributed by atoms with van der Waals surface area (Å²) in [5.74, 6) is 1.76. The summed E-state index contributed by atoms with van der Waals surface area (Å²) in [6.45, 7) is 11.4. The van der Waals surface area contributed by atoms with E-state index in [1.165, 1.54) is 5.56 Å². The highest BCUT2D eigenvalue weighted by Gasteiger charge is 2.21. The van der Waals surface area contributed by atoms with Crippen molar-refractivity contribution in [2.45, 2.75) is 46.6 Å². The van der Waals surface area contributed by atoms with Crippen molar-refractivity contribution in [2.75, 3.05) is 19.8 Å². The van der Waals surface area contributed by atoms with Gasteiger partial charge < -0.3 is 14.8 Å². The molecule has 0 amide bonds. The molecule has 1 atom stereocenters. The molecule has 0 spiro atoms. The van der Waals surface area contributed by atoms with Crippen LogP contribution in [-0.2, 0) is 0 Å². The summed E-state index contributed by atoms with van der Waals surface area (Å²) in [5.41, 5.74) is 1.57. The van der Waals surface area contributed by atoms with Crippen molar-refractivity contribution in [1.82, 2.24) is 5.32 Å². The van der Waals surface area contributed by atoms with Crippen LogP contribution in [0.25, 0.3) is 0 Å². The minimum absolute atomic E-state index is 0.289. The molecular formula is C17H27NO2. The maximum absolute atomic E-state index is 5.79. The molecule has 20 heavy (non-hydrogen) atoms. The molecule has 112 valence electrons. The first-order valence-corrected chi connectivity index (χ1v) is 7.62. The number of hydrogen-bond donors (Lipinski definition) is 1. The number of fused-ring (bicyclic) bond motifs is 1. The molecule has 1 aromatic rings. The summed E-state index contributed by atoms with van der Waals surface area (Å²) >= 11 is 0. The standard InChI is InChI=1S/C17H27NO2/c1-5-18-14(12-17(2,3)4)13-7-8-15-16(11-13)20-10-6-9-19-15/h7-8,11,14,18H,5-6,9-10,12H2,1-4H3. The van der Waals surface area contributed by atoms with Crippen molar-refractivity contribution in [3.8, 4) is 11.5 Å². The van der Waals surface area contributed by atoms with E-state index in [-0.39, 0.29) is 5.41 Å². The van der Waals surface area contributed by atoms with Crippen LogP contribution in [0, 0.1) is 5.41 Å². The molecule has 0 saturated carbocycles. The van der Waals surface area contributed by atoms with Crippen LogP contribution in [0.3, 0.4) is 0 Å². The van der Waals surface area contributed by atoms with Gasteiger partial charge in [0.25, 0.3) is 0 Å². The number of rotatable bonds is 4. The van der Waals surface area contributed by atoms with Crippen LogP contribution < -0.4 is 14.8 Å². The Kier molecular flexibility index (Phi) is 4.92. The number of ether oxygens (including phenoxy) is 2. The predicted molar refractivity (Wildman–Crippen MR) is 82.5 cm³/mol. The van der Waals surface area contributed by atoms with Crippen LogP contribution in [0.1, 0.15) is 52.1 Å². The molecule has 0 aliphatic carbocycles. The van der Waals surface area contributed by atoms with E-state index in [9.17, 15) is 0 Å². The lowest BCUT2D eigenvalue weighted by molar-refractivity contribution is 0.296. The van der Waals surface area contributed by atoms with Gasteiger partial charge in [-0.25, -0.2) is 0 Å². The predicted octanol–water partition coefficient (Wildman–Crippen LogP) is 3.93. The van der Waals surface area contributed by atoms with Crippen molar-refractivity contribution in [2.24, 2.45) is 5.41 Å². The first kappa shape index (κ1) is 15.2. The molecule has 1 aromatic carbocycles. The Morgan fingerprint density at radius 1 is 1.15 bits per heavy atom. The molecule has 2 rings (SSSR count). The van der Waals surface area contributed by atoms with E-state index in [2.05, 4.69) is 45.1 Å². The summed E-state index contributed by atoms with van der Waals surface area (Å²) in [7, 11) is 0. The van der Waals surface area contributed by atoms with Gasteiger partial charge in [-0.05, 0) is 36.1 Å². The molecule has 0 aromatic heterocycles. The van der Waals surface area contributed by atoms with Crippen LogP contribution in [0.15, 0.2) is 18.2 Å². The monoisotopic (exact) mass is 277 g/mol. The average Bonchev–Trinajstić information content (AvgIpc) is 2.61. The van der Waals surface area contributed by atoms with E-state index in [0.29, 0.717) is 6.04 Å². The minimum Gasteiger partial charge on any atom is -0.490 e. The van der Waals surface area contributed by atoms with Gasteiger partial charge in [-0.3, -0.25) is 0 Å². The van der Waals surface area contributed by atoms with Gasteiger partial charge in [0, 0.05) is 12.5 Å². The van der Waals surface area contributed by atoms with Crippen molar-refractivity contribution in [3.63, 3.8) is 0 Å². The molecule has 1 N–H and O–H groups in total. The molecule has 0 radical (unpaired) electrons. The zero-order valence-electron chi connectivity index (χ0n) is 13.2. The smallest absolute Gasteiger partial charge is 0.161 e. The van der Waals surface area contributed by atoms with Gasteiger partial charge in [-0.15, -0.1) is 0 Å². The normalized spacial score (nSPS) is 16.6. The Bertz CT molecular complexity index is 437. The Balaban J connectivity index is 2.22. The summed E-state index contributed by atoms with van der Waals surface area (Å²) in [4.78, 5) is 0. The van der Waals surface area contributed by atoms with Gasteiger partial charge in [-0.2, -0.15) is 0 Å². The second-order valence-corrected chi connectivity index (χ2v) is 6.63. The summed E-state index contributed by atoms with van der Waals surface area (Å²) in [6, 6.07) is 6.70. The lowest BCUT2D eigenvalue weighted by Gasteiger charge is -2.27. The van der Waals surface area contributed by atoms with Gasteiger partial charge in [0.15, 0.2) is 11.5 Å². The maximum Gasteiger partial charge on any atom is 0.161 e. The zero-order chi connectivity index (χ0) is 14.6. The quantitative estimate of drug-likeness (QED) is 0.904. The second-order valence-electron chi connectivity index (χ2n) is 6.63. The van der Waals surface area contributed by atoms with Crippen LogP contribution in [0.2, 0.25) is 0 Å². The third-order valence-electron chi connectivity index (χ3n) is 3.44. The first-order valence-electron chi connectivity index (χ1n) is 7.62. The Hall–Kier alpha value is -1.22. The Labute approximate surface area is 122 Å². The van der Waals surface area contributed by atoms with Crippen LogP contribution in [0.5, 0.6) is 11.5 Å². The van der Waals surface area contributed by atoms with Crippen molar-refractivity contribution >= 4 is 0 Å². The second kappa shape index (κ2) is 6.49. The summed E-state index contributed by atoms with van der Waals surface area (Å²) in [5, 5.41) is 3.58. The third kappa shape index (κ3) is 4.14. The van der Waals surface area contributed by atoms with E-state index in [4.69, 9.17) is 9.47 Å². The van der Waals surface area contributed by atoms with E-state index < -0.39 is 0 Å². The molecule has 1 unspecified atom stereocenters. The molecule has 1 aliphatic heterocycles. The van der Waals surface area contributed by atoms with Gasteiger partial charge in [-0.1, -0.05) is 33.8 Å². The number of benzene rings is 1. The fraction of sp³-hybridized carbons (Fsp3) is 0.647. The molecular weight excluding hydrogens is 250 g/mol. The molecule has 1 heterocycles. The van der Waals surface area contributed by atoms with Crippen LogP contribution >= 0.6 is 0 Å². The third-order valence-corrected chi connectivity index (χ3v) is 3.44. The van der Waals surface area contributed by atoms with Gasteiger partial charge in [0.1, 0.15) is 0 Å². The van der Waals surface area contributed by atoms with E-state index in [0.717, 1.165) is 44.1 Å². The van der Waals surface area contributed by atoms with Crippen LogP contribution in [0.4, 0.5) is 0 Å². The molecule has 0 bridgehead atoms. The van der Waals surface area contributed by atoms with Crippen molar-refractivity contribution in [3.05, 3.63) is 23.8 Å². The van der Waals surface area contributed by atoms with Crippen LogP contribution in [-0.4, -0.2) is 19.8 Å². The highest BCUT2D eigenvalue weighted by molar-refractivity contribution is 5.44. The van der Waals surface area contributed by atoms with Crippen molar-refractivity contribution < 1.29 is 9.47 Å². The maximum atomic E-state index is 5.79. The lowest BCUT2D eigenvalue weighted by atomic mass is 9.85. The summed E-state index contributed by atoms with van der Waals surface area (Å²) < 4.78 is 11.5. The molecule has 3 nitrogen and oxygen atoms in total. The zero-order valence-corrected chi connectivity index (χ0v) is 13.2. The highest BCUT2D eigenvalue weighted by Crippen LogP contribution is 2.35. The van der Waals surface area contributed by atoms with Gasteiger partial charge in [0.2, 0.25) is 0 Å². The van der Waals surface area contributed by atoms with E-state index in [1.54, 1.807) is 0 Å². The molecule has 0 fully saturated rings. The average molecular weight is 277 g/mol. The molecule has 0 saturated heterocycles. The lowest BCUT2D eigenvalue weighted by Crippen LogP contribution is -2.25. The summed E-state index contributed by atoms with van der Waals surface area (Å²) in [6.07, 6.45) is 2.04. The fourth-order valence-electron chi connectivity index (χ4n) is 2.56. The highest BCUT2D eigenvalue weighted by atomic mass is 16.5. The fourth-order valence-corrected chi connectivity index (χ4v) is 2.56. The molecule has 3 heteroatoms. The van der Waals surface area contributed by atoms with E-state index in [1.807, 2.05) is 6.07 Å². The SMILES string of the molecule is CCNC(CC(C)(C)C)c1ccc2c(c1)OCCCO2. The topological polar surface area (TPSA) is 30.5 Å². The van der Waals surface area contributed by atoms with Gasteiger partial charge >= 0.3 is 0 Å². The molecule has 1 aliphatic rings. The minimum atomic E-state index is 0.289. The number of hydrogen-bond acceptors (Lipinski definition) is 3. The van der Waals surface area contributed by atoms with E-state index >= 15 is 0 Å². The Morgan fingerprint density at radius 2 is 1.85 bits per heavy atom. The largest absolute Gasteiger partial charge is 0.490 e. The number of nitrogens with one attached hydrogen (secondary N) is 1. The van der Waals surface area contributed by atoms with Gasteiger partial charge in [0.05, 0.1) is 13.2 Å². The Morgan fingerprint density at radius 3 is 2.50 bits per heavy atom. The van der Waals surface area contributed by atoms with Crippen molar-refractivity contribution in [1.29, 1.82) is 0 Å².